The van der Waals surface area contributed by atoms with Gasteiger partial charge in [-0.15, -0.1) is 10.2 Å². The molecule has 6 rings (SSSR count). The first-order chi connectivity index (χ1) is 21.2. The highest BCUT2D eigenvalue weighted by atomic mass is 16.5. The predicted molar refractivity (Wildman–Crippen MR) is 167 cm³/mol. The lowest BCUT2D eigenvalue weighted by molar-refractivity contribution is -0.121. The second-order valence-electron chi connectivity index (χ2n) is 10.5. The Morgan fingerprint density at radius 1 is 0.860 bits per heavy atom. The van der Waals surface area contributed by atoms with Crippen LogP contribution in [0, 0.1) is 0 Å². The summed E-state index contributed by atoms with van der Waals surface area (Å²) in [6, 6.07) is 29.9. The van der Waals surface area contributed by atoms with Crippen LogP contribution in [0.25, 0.3) is 10.9 Å². The Morgan fingerprint density at radius 2 is 1.65 bits per heavy atom. The molecule has 6 aromatic rings. The smallest absolute Gasteiger partial charge is 0.221 e. The second kappa shape index (κ2) is 13.2. The molecule has 1 amide bonds. The van der Waals surface area contributed by atoms with Gasteiger partial charge in [-0.05, 0) is 53.8 Å². The van der Waals surface area contributed by atoms with Gasteiger partial charge in [0.05, 0.1) is 13.7 Å². The first kappa shape index (κ1) is 27.9. The third kappa shape index (κ3) is 6.64. The van der Waals surface area contributed by atoms with Gasteiger partial charge >= 0.3 is 0 Å². The molecule has 8 nitrogen and oxygen atoms in total. The number of nitrogens with zero attached hydrogens (tertiary/aromatic N) is 4. The molecule has 1 atom stereocenters. The number of aromatic nitrogens is 5. The third-order valence-corrected chi connectivity index (χ3v) is 7.70. The van der Waals surface area contributed by atoms with Crippen molar-refractivity contribution in [3.05, 3.63) is 143 Å². The maximum absolute atomic E-state index is 13.5. The van der Waals surface area contributed by atoms with Gasteiger partial charge < -0.3 is 19.6 Å². The predicted octanol–water partition coefficient (Wildman–Crippen LogP) is 5.83. The molecule has 0 saturated heterocycles. The standard InChI is InChI=1S/C35H34N6O2/c1-43-28-17-13-27(14-18-28)24-41-32(19-15-25-8-3-2-4-9-25)39-40-35(41)34(30-23-37-31-12-6-5-11-29(30)31)38-33(42)20-16-26-10-7-21-36-22-26/h2-14,17-18,21-23,34,37H,15-16,19-20,24H2,1H3,(H,38,42)/t34-/m1/s1. The molecule has 0 spiro atoms. The van der Waals surface area contributed by atoms with Crippen molar-refractivity contribution in [1.29, 1.82) is 0 Å². The van der Waals surface area contributed by atoms with E-state index in [0.717, 1.165) is 45.6 Å². The summed E-state index contributed by atoms with van der Waals surface area (Å²) >= 11 is 0. The Kier molecular flexibility index (Phi) is 8.54. The van der Waals surface area contributed by atoms with Crippen LogP contribution in [0.3, 0.4) is 0 Å². The minimum atomic E-state index is -0.506. The number of benzene rings is 3. The summed E-state index contributed by atoms with van der Waals surface area (Å²) in [5.74, 6) is 2.29. The van der Waals surface area contributed by atoms with Gasteiger partial charge in [0.15, 0.2) is 5.82 Å². The van der Waals surface area contributed by atoms with Crippen molar-refractivity contribution in [2.75, 3.05) is 7.11 Å². The van der Waals surface area contributed by atoms with Crippen LogP contribution in [0.4, 0.5) is 0 Å². The summed E-state index contributed by atoms with van der Waals surface area (Å²) in [5, 5.41) is 13.8. The molecule has 0 saturated carbocycles. The number of carbonyl (C=O) groups excluding carboxylic acids is 1. The number of fused-ring (bicyclic) bond motifs is 1. The monoisotopic (exact) mass is 570 g/mol. The van der Waals surface area contributed by atoms with Gasteiger partial charge in [-0.2, -0.15) is 0 Å². The summed E-state index contributed by atoms with van der Waals surface area (Å²) in [6.45, 7) is 0.556. The van der Waals surface area contributed by atoms with Gasteiger partial charge in [0.25, 0.3) is 0 Å². The third-order valence-electron chi connectivity index (χ3n) is 7.70. The van der Waals surface area contributed by atoms with Gasteiger partial charge in [-0.3, -0.25) is 9.78 Å². The van der Waals surface area contributed by atoms with E-state index in [0.29, 0.717) is 31.6 Å². The lowest BCUT2D eigenvalue weighted by Crippen LogP contribution is -2.32. The van der Waals surface area contributed by atoms with Gasteiger partial charge in [0.2, 0.25) is 5.91 Å². The Morgan fingerprint density at radius 3 is 2.44 bits per heavy atom. The molecule has 0 aliphatic rings. The van der Waals surface area contributed by atoms with Crippen molar-refractivity contribution in [3.8, 4) is 5.75 Å². The van der Waals surface area contributed by atoms with Crippen LogP contribution >= 0.6 is 0 Å². The van der Waals surface area contributed by atoms with E-state index in [1.165, 1.54) is 5.56 Å². The minimum Gasteiger partial charge on any atom is -0.497 e. The number of hydrogen-bond acceptors (Lipinski definition) is 5. The van der Waals surface area contributed by atoms with Gasteiger partial charge in [-0.1, -0.05) is 66.7 Å². The number of H-pyrrole nitrogens is 1. The van der Waals surface area contributed by atoms with Crippen LogP contribution in [0.1, 0.15) is 46.4 Å². The molecule has 0 aliphatic heterocycles. The van der Waals surface area contributed by atoms with E-state index in [-0.39, 0.29) is 5.91 Å². The summed E-state index contributed by atoms with van der Waals surface area (Å²) in [7, 11) is 1.66. The maximum atomic E-state index is 13.5. The van der Waals surface area contributed by atoms with Crippen LogP contribution in [-0.4, -0.2) is 37.7 Å². The summed E-state index contributed by atoms with van der Waals surface area (Å²) in [6.07, 6.45) is 7.97. The van der Waals surface area contributed by atoms with E-state index in [1.807, 2.05) is 54.7 Å². The fraction of sp³-hybridized carbons (Fsp3) is 0.200. The highest BCUT2D eigenvalue weighted by molar-refractivity contribution is 5.85. The average Bonchev–Trinajstić information content (AvgIpc) is 3.67. The number of rotatable bonds is 12. The normalized spacial score (nSPS) is 11.8. The van der Waals surface area contributed by atoms with Gasteiger partial charge in [0.1, 0.15) is 17.6 Å². The molecule has 3 heterocycles. The van der Waals surface area contributed by atoms with Gasteiger partial charge in [-0.25, -0.2) is 0 Å². The molecular formula is C35H34N6O2. The van der Waals surface area contributed by atoms with E-state index in [4.69, 9.17) is 14.9 Å². The first-order valence-corrected chi connectivity index (χ1v) is 14.5. The zero-order valence-corrected chi connectivity index (χ0v) is 24.1. The van der Waals surface area contributed by atoms with Gasteiger partial charge in [0, 0.05) is 47.9 Å². The molecule has 0 unspecified atom stereocenters. The second-order valence-corrected chi connectivity index (χ2v) is 10.5. The number of nitrogens with one attached hydrogen (secondary N) is 2. The van der Waals surface area contributed by atoms with Crippen molar-refractivity contribution < 1.29 is 9.53 Å². The molecule has 43 heavy (non-hydrogen) atoms. The van der Waals surface area contributed by atoms with Crippen molar-refractivity contribution in [1.82, 2.24) is 30.0 Å². The van der Waals surface area contributed by atoms with Crippen molar-refractivity contribution in [2.45, 2.75) is 38.3 Å². The SMILES string of the molecule is COc1ccc(Cn2c(CCc3ccccc3)nnc2[C@H](NC(=O)CCc2cccnc2)c2c[nH]c3ccccc23)cc1. The Hall–Kier alpha value is -5.24. The van der Waals surface area contributed by atoms with Crippen LogP contribution in [0.2, 0.25) is 0 Å². The van der Waals surface area contributed by atoms with Crippen LogP contribution < -0.4 is 10.1 Å². The fourth-order valence-electron chi connectivity index (χ4n) is 5.39. The van der Waals surface area contributed by atoms with Crippen LogP contribution in [0.15, 0.2) is 110 Å². The van der Waals surface area contributed by atoms with E-state index >= 15 is 0 Å². The Labute approximate surface area is 250 Å². The van der Waals surface area contributed by atoms with E-state index < -0.39 is 6.04 Å². The number of amides is 1. The zero-order valence-electron chi connectivity index (χ0n) is 24.1. The maximum Gasteiger partial charge on any atom is 0.221 e. The number of aromatic amines is 1. The summed E-state index contributed by atoms with van der Waals surface area (Å²) in [5.41, 5.74) is 5.29. The summed E-state index contributed by atoms with van der Waals surface area (Å²) in [4.78, 5) is 21.0. The highest BCUT2D eigenvalue weighted by Gasteiger charge is 2.27. The largest absolute Gasteiger partial charge is 0.497 e. The molecule has 8 heteroatoms. The molecule has 3 aromatic carbocycles. The van der Waals surface area contributed by atoms with Crippen molar-refractivity contribution >= 4 is 16.8 Å². The van der Waals surface area contributed by atoms with Crippen LogP contribution in [0.5, 0.6) is 5.75 Å². The number of hydrogen-bond donors (Lipinski definition) is 2. The molecule has 0 bridgehead atoms. The summed E-state index contributed by atoms with van der Waals surface area (Å²) < 4.78 is 7.53. The lowest BCUT2D eigenvalue weighted by atomic mass is 10.0. The lowest BCUT2D eigenvalue weighted by Gasteiger charge is -2.20. The number of aryl methyl sites for hydroxylation is 3. The highest BCUT2D eigenvalue weighted by Crippen LogP contribution is 2.30. The van der Waals surface area contributed by atoms with E-state index in [1.54, 1.807) is 19.5 Å². The molecule has 2 N–H and O–H groups in total. The van der Waals surface area contributed by atoms with Crippen LogP contribution in [-0.2, 0) is 30.6 Å². The fourth-order valence-corrected chi connectivity index (χ4v) is 5.39. The molecule has 216 valence electrons. The number of ether oxygens (including phenoxy) is 1. The molecular weight excluding hydrogens is 536 g/mol. The van der Waals surface area contributed by atoms with E-state index in [2.05, 4.69) is 62.3 Å². The number of methoxy groups -OCH3 is 1. The first-order valence-electron chi connectivity index (χ1n) is 14.5. The minimum absolute atomic E-state index is 0.0658. The van der Waals surface area contributed by atoms with Crippen molar-refractivity contribution in [3.63, 3.8) is 0 Å². The molecule has 0 fully saturated rings. The number of carbonyl (C=O) groups is 1. The zero-order chi connectivity index (χ0) is 29.4. The molecule has 3 aromatic heterocycles. The number of para-hydroxylation sites is 1. The quantitative estimate of drug-likeness (QED) is 0.193. The van der Waals surface area contributed by atoms with Crippen molar-refractivity contribution in [2.24, 2.45) is 0 Å². The Balaban J connectivity index is 1.37. The Bertz CT molecular complexity index is 1780. The molecule has 0 aliphatic carbocycles. The number of pyridine rings is 1. The van der Waals surface area contributed by atoms with E-state index in [9.17, 15) is 4.79 Å². The average molecular weight is 571 g/mol. The topological polar surface area (TPSA) is 97.7 Å². The molecule has 0 radical (unpaired) electrons.